The van der Waals surface area contributed by atoms with Gasteiger partial charge in [0.1, 0.15) is 18.2 Å². The van der Waals surface area contributed by atoms with Crippen molar-refractivity contribution in [3.63, 3.8) is 0 Å². The number of rotatable bonds is 5. The highest BCUT2D eigenvalue weighted by molar-refractivity contribution is 5.94. The van der Waals surface area contributed by atoms with Gasteiger partial charge in [0.05, 0.1) is 0 Å². The maximum Gasteiger partial charge on any atom is 0.122 e. The first kappa shape index (κ1) is 13.6. The van der Waals surface area contributed by atoms with Crippen LogP contribution < -0.4 is 10.5 Å². The van der Waals surface area contributed by atoms with E-state index in [1.807, 2.05) is 24.3 Å². The van der Waals surface area contributed by atoms with Crippen molar-refractivity contribution in [3.8, 4) is 5.75 Å². The molecule has 0 saturated carbocycles. The predicted octanol–water partition coefficient (Wildman–Crippen LogP) is 2.37. The van der Waals surface area contributed by atoms with E-state index in [1.54, 1.807) is 0 Å². The zero-order valence-electron chi connectivity index (χ0n) is 11.9. The number of nitrogen functional groups attached to an aromatic ring is 1. The number of fused-ring (bicyclic) bond motifs is 1. The van der Waals surface area contributed by atoms with Crippen molar-refractivity contribution in [3.05, 3.63) is 65.2 Å². The largest absolute Gasteiger partial charge is 0.492 e. The van der Waals surface area contributed by atoms with Gasteiger partial charge in [-0.2, -0.15) is 0 Å². The van der Waals surface area contributed by atoms with Crippen molar-refractivity contribution >= 4 is 5.84 Å². The van der Waals surface area contributed by atoms with Crippen molar-refractivity contribution < 1.29 is 4.74 Å². The summed E-state index contributed by atoms with van der Waals surface area (Å²) < 4.78 is 5.75. The third-order valence-electron chi connectivity index (χ3n) is 3.75. The molecule has 108 valence electrons. The molecular formula is C17H19N3O. The Bertz CT molecular complexity index is 612. The molecule has 1 heterocycles. The third kappa shape index (κ3) is 3.23. The van der Waals surface area contributed by atoms with E-state index in [0.717, 1.165) is 30.9 Å². The Labute approximate surface area is 124 Å². The Balaban J connectivity index is 1.48. The minimum atomic E-state index is 0.0800. The molecule has 0 saturated heterocycles. The molecule has 2 aromatic carbocycles. The molecule has 0 aromatic heterocycles. The number of nitrogens with two attached hydrogens (primary N) is 1. The molecule has 0 aliphatic carbocycles. The van der Waals surface area contributed by atoms with Crippen LogP contribution in [0.15, 0.2) is 48.5 Å². The number of hydrogen-bond donors (Lipinski definition) is 2. The van der Waals surface area contributed by atoms with Gasteiger partial charge in [-0.25, -0.2) is 0 Å². The van der Waals surface area contributed by atoms with Crippen LogP contribution in [-0.4, -0.2) is 23.9 Å². The van der Waals surface area contributed by atoms with Crippen LogP contribution in [0.25, 0.3) is 0 Å². The molecule has 0 radical (unpaired) electrons. The summed E-state index contributed by atoms with van der Waals surface area (Å²) in [5.74, 6) is 0.896. The summed E-state index contributed by atoms with van der Waals surface area (Å²) in [4.78, 5) is 2.38. The van der Waals surface area contributed by atoms with Crippen LogP contribution in [0.2, 0.25) is 0 Å². The van der Waals surface area contributed by atoms with E-state index in [1.165, 1.54) is 11.1 Å². The molecule has 4 heteroatoms. The molecule has 0 bridgehead atoms. The average Bonchev–Trinajstić information content (AvgIpc) is 2.90. The second kappa shape index (κ2) is 5.97. The standard InChI is InChI=1S/C17H19N3O/c18-17(19)13-5-7-16(8-6-13)21-10-9-20-11-14-3-1-2-4-15(14)12-20/h1-8H,9-12H2,(H3,18,19). The third-order valence-corrected chi connectivity index (χ3v) is 3.75. The van der Waals surface area contributed by atoms with E-state index in [-0.39, 0.29) is 5.84 Å². The molecule has 1 aliphatic rings. The summed E-state index contributed by atoms with van der Waals surface area (Å²) in [6.07, 6.45) is 0. The fraction of sp³-hybridized carbons (Fsp3) is 0.235. The van der Waals surface area contributed by atoms with E-state index >= 15 is 0 Å². The second-order valence-electron chi connectivity index (χ2n) is 5.27. The van der Waals surface area contributed by atoms with Gasteiger partial charge in [-0.15, -0.1) is 0 Å². The number of amidine groups is 1. The Morgan fingerprint density at radius 1 is 1.05 bits per heavy atom. The van der Waals surface area contributed by atoms with E-state index in [9.17, 15) is 0 Å². The fourth-order valence-electron chi connectivity index (χ4n) is 2.59. The van der Waals surface area contributed by atoms with E-state index in [2.05, 4.69) is 29.2 Å². The lowest BCUT2D eigenvalue weighted by atomic mass is 10.1. The lowest BCUT2D eigenvalue weighted by Gasteiger charge is -2.15. The molecule has 3 N–H and O–H groups in total. The van der Waals surface area contributed by atoms with Crippen LogP contribution in [0.5, 0.6) is 5.75 Å². The topological polar surface area (TPSA) is 62.3 Å². The number of nitrogens with zero attached hydrogens (tertiary/aromatic N) is 1. The highest BCUT2D eigenvalue weighted by Crippen LogP contribution is 2.21. The van der Waals surface area contributed by atoms with Crippen LogP contribution in [0, 0.1) is 5.41 Å². The Morgan fingerprint density at radius 3 is 2.24 bits per heavy atom. The van der Waals surface area contributed by atoms with Gasteiger partial charge in [-0.1, -0.05) is 24.3 Å². The predicted molar refractivity (Wildman–Crippen MR) is 83.5 cm³/mol. The Kier molecular flexibility index (Phi) is 3.88. The highest BCUT2D eigenvalue weighted by atomic mass is 16.5. The zero-order valence-corrected chi connectivity index (χ0v) is 11.9. The van der Waals surface area contributed by atoms with Crippen LogP contribution in [0.4, 0.5) is 0 Å². The number of hydrogen-bond acceptors (Lipinski definition) is 3. The maximum atomic E-state index is 7.35. The molecule has 3 rings (SSSR count). The van der Waals surface area contributed by atoms with E-state index in [0.29, 0.717) is 6.61 Å². The first-order valence-corrected chi connectivity index (χ1v) is 7.09. The van der Waals surface area contributed by atoms with Crippen LogP contribution in [0.1, 0.15) is 16.7 Å². The minimum Gasteiger partial charge on any atom is -0.492 e. The SMILES string of the molecule is N=C(N)c1ccc(OCCN2Cc3ccccc3C2)cc1. The summed E-state index contributed by atoms with van der Waals surface area (Å²) in [5.41, 5.74) is 8.98. The number of nitrogens with one attached hydrogen (secondary N) is 1. The van der Waals surface area contributed by atoms with E-state index in [4.69, 9.17) is 15.9 Å². The minimum absolute atomic E-state index is 0.0800. The molecule has 1 aliphatic heterocycles. The van der Waals surface area contributed by atoms with Gasteiger partial charge in [0.15, 0.2) is 0 Å². The molecule has 0 atom stereocenters. The summed E-state index contributed by atoms with van der Waals surface area (Å²) in [5, 5.41) is 7.35. The van der Waals surface area contributed by atoms with Crippen LogP contribution in [0.3, 0.4) is 0 Å². The Hall–Kier alpha value is -2.33. The normalized spacial score (nSPS) is 13.9. The first-order valence-electron chi connectivity index (χ1n) is 7.09. The van der Waals surface area contributed by atoms with Gasteiger partial charge >= 0.3 is 0 Å². The van der Waals surface area contributed by atoms with Gasteiger partial charge < -0.3 is 10.5 Å². The monoisotopic (exact) mass is 281 g/mol. The molecule has 0 amide bonds. The molecule has 21 heavy (non-hydrogen) atoms. The molecular weight excluding hydrogens is 262 g/mol. The first-order chi connectivity index (χ1) is 10.2. The van der Waals surface area contributed by atoms with Crippen molar-refractivity contribution in [2.45, 2.75) is 13.1 Å². The average molecular weight is 281 g/mol. The summed E-state index contributed by atoms with van der Waals surface area (Å²) >= 11 is 0. The van der Waals surface area contributed by atoms with Crippen molar-refractivity contribution in [2.24, 2.45) is 5.73 Å². The van der Waals surface area contributed by atoms with Crippen molar-refractivity contribution in [1.29, 1.82) is 5.41 Å². The number of ether oxygens (including phenoxy) is 1. The zero-order chi connectivity index (χ0) is 14.7. The van der Waals surface area contributed by atoms with Crippen LogP contribution in [-0.2, 0) is 13.1 Å². The van der Waals surface area contributed by atoms with E-state index < -0.39 is 0 Å². The Morgan fingerprint density at radius 2 is 1.67 bits per heavy atom. The second-order valence-corrected chi connectivity index (χ2v) is 5.27. The highest BCUT2D eigenvalue weighted by Gasteiger charge is 2.17. The summed E-state index contributed by atoms with van der Waals surface area (Å²) in [7, 11) is 0. The molecule has 2 aromatic rings. The smallest absolute Gasteiger partial charge is 0.122 e. The summed E-state index contributed by atoms with van der Waals surface area (Å²) in [6.45, 7) is 3.57. The molecule has 0 spiro atoms. The molecule has 0 unspecified atom stereocenters. The van der Waals surface area contributed by atoms with Crippen LogP contribution >= 0.6 is 0 Å². The summed E-state index contributed by atoms with van der Waals surface area (Å²) in [6, 6.07) is 15.9. The van der Waals surface area contributed by atoms with Gasteiger partial charge in [-0.05, 0) is 35.4 Å². The lowest BCUT2D eigenvalue weighted by molar-refractivity contribution is 0.211. The van der Waals surface area contributed by atoms with Gasteiger partial charge in [-0.3, -0.25) is 10.3 Å². The van der Waals surface area contributed by atoms with Crippen molar-refractivity contribution in [1.82, 2.24) is 4.90 Å². The van der Waals surface area contributed by atoms with Gasteiger partial charge in [0.25, 0.3) is 0 Å². The quantitative estimate of drug-likeness (QED) is 0.653. The fourth-order valence-corrected chi connectivity index (χ4v) is 2.59. The van der Waals surface area contributed by atoms with Gasteiger partial charge in [0.2, 0.25) is 0 Å². The number of benzene rings is 2. The maximum absolute atomic E-state index is 7.35. The lowest BCUT2D eigenvalue weighted by Crippen LogP contribution is -2.22. The van der Waals surface area contributed by atoms with Crippen molar-refractivity contribution in [2.75, 3.05) is 13.2 Å². The molecule has 0 fully saturated rings. The van der Waals surface area contributed by atoms with Gasteiger partial charge in [0, 0.05) is 25.2 Å². The molecule has 4 nitrogen and oxygen atoms in total.